The number of likely N-dealkylation sites (N-methyl/N-ethyl adjacent to an activating group) is 1. The Balaban J connectivity index is 0. The van der Waals surface area contributed by atoms with Gasteiger partial charge in [0.15, 0.2) is 0 Å². The van der Waals surface area contributed by atoms with Crippen LogP contribution < -0.4 is 5.73 Å². The van der Waals surface area contributed by atoms with Crippen molar-refractivity contribution in [1.29, 1.82) is 0 Å². The minimum atomic E-state index is -0.442. The van der Waals surface area contributed by atoms with Gasteiger partial charge in [-0.15, -0.1) is 12.4 Å². The second kappa shape index (κ2) is 8.62. The van der Waals surface area contributed by atoms with Gasteiger partial charge in [-0.05, 0) is 18.4 Å². The first kappa shape index (κ1) is 15.5. The third kappa shape index (κ3) is 6.15. The number of thioether (sulfide) groups is 1. The average Bonchev–Trinajstić information content (AvgIpc) is 2.11. The highest BCUT2D eigenvalue weighted by Gasteiger charge is 2.16. The lowest BCUT2D eigenvalue weighted by Crippen LogP contribution is -2.41. The van der Waals surface area contributed by atoms with E-state index >= 15 is 0 Å². The third-order valence-electron chi connectivity index (χ3n) is 1.53. The van der Waals surface area contributed by atoms with Gasteiger partial charge in [-0.1, -0.05) is 0 Å². The van der Waals surface area contributed by atoms with E-state index in [1.165, 1.54) is 7.11 Å². The fourth-order valence-corrected chi connectivity index (χ4v) is 1.18. The van der Waals surface area contributed by atoms with Crippen molar-refractivity contribution in [1.82, 2.24) is 5.06 Å². The van der Waals surface area contributed by atoms with Crippen LogP contribution in [0.2, 0.25) is 0 Å². The third-order valence-corrected chi connectivity index (χ3v) is 2.18. The molecule has 80 valence electrons. The SMILES string of the molecule is CON(C)C(=O)[C@@H](N)CCSC.Cl. The van der Waals surface area contributed by atoms with Gasteiger partial charge in [-0.25, -0.2) is 5.06 Å². The van der Waals surface area contributed by atoms with Crippen molar-refractivity contribution in [3.8, 4) is 0 Å². The van der Waals surface area contributed by atoms with Crippen LogP contribution in [0.3, 0.4) is 0 Å². The number of carbonyl (C=O) groups is 1. The lowest BCUT2D eigenvalue weighted by molar-refractivity contribution is -0.170. The van der Waals surface area contributed by atoms with Crippen LogP contribution in [-0.4, -0.2) is 43.2 Å². The lowest BCUT2D eigenvalue weighted by atomic mass is 10.2. The van der Waals surface area contributed by atoms with Crippen LogP contribution in [0.15, 0.2) is 0 Å². The van der Waals surface area contributed by atoms with Gasteiger partial charge in [-0.2, -0.15) is 11.8 Å². The molecule has 1 atom stereocenters. The molecule has 0 aliphatic rings. The smallest absolute Gasteiger partial charge is 0.262 e. The maximum Gasteiger partial charge on any atom is 0.262 e. The Morgan fingerprint density at radius 1 is 1.69 bits per heavy atom. The van der Waals surface area contributed by atoms with Crippen LogP contribution in [0, 0.1) is 0 Å². The zero-order valence-electron chi connectivity index (χ0n) is 8.15. The minimum absolute atomic E-state index is 0. The van der Waals surface area contributed by atoms with Gasteiger partial charge in [-0.3, -0.25) is 9.63 Å². The summed E-state index contributed by atoms with van der Waals surface area (Å²) < 4.78 is 0. The van der Waals surface area contributed by atoms with Crippen molar-refractivity contribution in [2.75, 3.05) is 26.2 Å². The average molecular weight is 229 g/mol. The van der Waals surface area contributed by atoms with Crippen LogP contribution in [0.1, 0.15) is 6.42 Å². The first-order valence-corrected chi connectivity index (χ1v) is 5.09. The molecule has 0 fully saturated rings. The first-order valence-electron chi connectivity index (χ1n) is 3.69. The van der Waals surface area contributed by atoms with Crippen molar-refractivity contribution in [3.63, 3.8) is 0 Å². The van der Waals surface area contributed by atoms with Gasteiger partial charge in [0.2, 0.25) is 0 Å². The van der Waals surface area contributed by atoms with E-state index in [0.29, 0.717) is 6.42 Å². The number of hydrogen-bond donors (Lipinski definition) is 1. The van der Waals surface area contributed by atoms with Crippen LogP contribution >= 0.6 is 24.2 Å². The summed E-state index contributed by atoms with van der Waals surface area (Å²) in [6.45, 7) is 0. The van der Waals surface area contributed by atoms with E-state index in [9.17, 15) is 4.79 Å². The second-order valence-corrected chi connectivity index (χ2v) is 3.39. The highest BCUT2D eigenvalue weighted by atomic mass is 35.5. The van der Waals surface area contributed by atoms with Crippen molar-refractivity contribution in [2.24, 2.45) is 5.73 Å². The van der Waals surface area contributed by atoms with E-state index in [1.54, 1.807) is 18.8 Å². The molecule has 0 unspecified atom stereocenters. The van der Waals surface area contributed by atoms with Gasteiger partial charge in [0, 0.05) is 7.05 Å². The Kier molecular flexibility index (Phi) is 10.3. The summed E-state index contributed by atoms with van der Waals surface area (Å²) in [5, 5.41) is 1.16. The molecule has 0 heterocycles. The van der Waals surface area contributed by atoms with Crippen LogP contribution in [0.4, 0.5) is 0 Å². The summed E-state index contributed by atoms with van der Waals surface area (Å²) in [6, 6.07) is -0.442. The number of amides is 1. The zero-order valence-corrected chi connectivity index (χ0v) is 9.78. The summed E-state index contributed by atoms with van der Waals surface area (Å²) in [5.74, 6) is 0.719. The monoisotopic (exact) mass is 228 g/mol. The van der Waals surface area contributed by atoms with Gasteiger partial charge in [0.1, 0.15) is 0 Å². The number of hydrogen-bond acceptors (Lipinski definition) is 4. The molecule has 6 heteroatoms. The summed E-state index contributed by atoms with van der Waals surface area (Å²) in [7, 11) is 3.00. The van der Waals surface area contributed by atoms with E-state index in [0.717, 1.165) is 10.8 Å². The molecule has 0 aromatic carbocycles. The summed E-state index contributed by atoms with van der Waals surface area (Å²) in [6.07, 6.45) is 2.67. The predicted molar refractivity (Wildman–Crippen MR) is 58.0 cm³/mol. The molecule has 0 bridgehead atoms. The van der Waals surface area contributed by atoms with Crippen molar-refractivity contribution < 1.29 is 9.63 Å². The van der Waals surface area contributed by atoms with E-state index < -0.39 is 6.04 Å². The normalized spacial score (nSPS) is 11.7. The maximum atomic E-state index is 11.2. The molecule has 0 aromatic rings. The quantitative estimate of drug-likeness (QED) is 0.697. The summed E-state index contributed by atoms with van der Waals surface area (Å²) >= 11 is 1.68. The summed E-state index contributed by atoms with van der Waals surface area (Å²) in [4.78, 5) is 16.0. The van der Waals surface area contributed by atoms with Gasteiger partial charge in [0.25, 0.3) is 5.91 Å². The van der Waals surface area contributed by atoms with Crippen molar-refractivity contribution in [3.05, 3.63) is 0 Å². The highest BCUT2D eigenvalue weighted by Crippen LogP contribution is 2.01. The topological polar surface area (TPSA) is 55.6 Å². The van der Waals surface area contributed by atoms with E-state index in [4.69, 9.17) is 10.6 Å². The lowest BCUT2D eigenvalue weighted by Gasteiger charge is -2.17. The summed E-state index contributed by atoms with van der Waals surface area (Å²) in [5.41, 5.74) is 5.60. The van der Waals surface area contributed by atoms with E-state index in [2.05, 4.69) is 0 Å². The number of hydroxylamine groups is 2. The molecule has 0 saturated carbocycles. The molecule has 0 spiro atoms. The molecule has 0 radical (unpaired) electrons. The molecule has 2 N–H and O–H groups in total. The maximum absolute atomic E-state index is 11.2. The Morgan fingerprint density at radius 3 is 2.62 bits per heavy atom. The molecule has 13 heavy (non-hydrogen) atoms. The molecule has 0 rings (SSSR count). The largest absolute Gasteiger partial charge is 0.320 e. The molecule has 0 aliphatic heterocycles. The van der Waals surface area contributed by atoms with E-state index in [1.807, 2.05) is 6.26 Å². The number of carbonyl (C=O) groups excluding carboxylic acids is 1. The Bertz CT molecular complexity index is 148. The van der Waals surface area contributed by atoms with Crippen LogP contribution in [-0.2, 0) is 9.63 Å². The number of rotatable bonds is 5. The zero-order chi connectivity index (χ0) is 9.56. The van der Waals surface area contributed by atoms with Gasteiger partial charge < -0.3 is 5.73 Å². The molecule has 0 aromatic heterocycles. The van der Waals surface area contributed by atoms with Crippen LogP contribution in [0.25, 0.3) is 0 Å². The highest BCUT2D eigenvalue weighted by molar-refractivity contribution is 7.98. The fraction of sp³-hybridized carbons (Fsp3) is 0.857. The molecular formula is C7H17ClN2O2S. The van der Waals surface area contributed by atoms with E-state index in [-0.39, 0.29) is 18.3 Å². The fourth-order valence-electron chi connectivity index (χ4n) is 0.692. The number of nitrogens with two attached hydrogens (primary N) is 1. The van der Waals surface area contributed by atoms with Gasteiger partial charge >= 0.3 is 0 Å². The Morgan fingerprint density at radius 2 is 2.23 bits per heavy atom. The molecule has 1 amide bonds. The second-order valence-electron chi connectivity index (χ2n) is 2.41. The molecule has 0 saturated heterocycles. The number of halogens is 1. The Hall–Kier alpha value is 0.0300. The number of nitrogens with zero attached hydrogens (tertiary/aromatic N) is 1. The minimum Gasteiger partial charge on any atom is -0.320 e. The molecule has 4 nitrogen and oxygen atoms in total. The Labute approximate surface area is 89.5 Å². The first-order chi connectivity index (χ1) is 5.63. The van der Waals surface area contributed by atoms with Crippen molar-refractivity contribution >= 4 is 30.1 Å². The van der Waals surface area contributed by atoms with Crippen molar-refractivity contribution in [2.45, 2.75) is 12.5 Å². The standard InChI is InChI=1S/C7H16N2O2S.ClH/c1-9(11-2)7(10)6(8)4-5-12-3;/h6H,4-5,8H2,1-3H3;1H/t6-;/m0./s1. The molecule has 0 aliphatic carbocycles. The predicted octanol–water partition coefficient (Wildman–Crippen LogP) is 0.508. The van der Waals surface area contributed by atoms with Gasteiger partial charge in [0.05, 0.1) is 13.2 Å². The van der Waals surface area contributed by atoms with Crippen LogP contribution in [0.5, 0.6) is 0 Å². The molecular weight excluding hydrogens is 212 g/mol.